The normalized spacial score (nSPS) is 12.1. The summed E-state index contributed by atoms with van der Waals surface area (Å²) in [5, 5.41) is 2.60. The van der Waals surface area contributed by atoms with E-state index in [1.54, 1.807) is 0 Å². The Morgan fingerprint density at radius 2 is 1.39 bits per heavy atom. The highest BCUT2D eigenvalue weighted by Crippen LogP contribution is 2.18. The van der Waals surface area contributed by atoms with Crippen molar-refractivity contribution >= 4 is 14.5 Å². The molecule has 1 aromatic rings. The first-order valence-corrected chi connectivity index (χ1v) is 11.7. The zero-order valence-corrected chi connectivity index (χ0v) is 16.6. The largest absolute Gasteiger partial charge is 0.469 e. The standard InChI is InChI=1S/C8H9O2.2C6H13.Al/c1-7(9)10-8-5-3-2-4-6-8;2*1-3-5-6-4-2;/h2-7H,1H3;2*1,3-6H2,2H3;/q-1;;;+1. The van der Waals surface area contributed by atoms with Crippen LogP contribution in [0.2, 0.25) is 10.6 Å². The highest BCUT2D eigenvalue weighted by molar-refractivity contribution is 6.51. The van der Waals surface area contributed by atoms with Gasteiger partial charge in [0.15, 0.2) is 6.29 Å². The minimum atomic E-state index is -1.14. The molecule has 3 heteroatoms. The summed E-state index contributed by atoms with van der Waals surface area (Å²) in [4.78, 5) is 0. The second kappa shape index (κ2) is 13.9. The smallest absolute Gasteiger partial charge is 0.463 e. The van der Waals surface area contributed by atoms with Crippen molar-refractivity contribution in [1.82, 2.24) is 0 Å². The van der Waals surface area contributed by atoms with Gasteiger partial charge in [0, 0.05) is 0 Å². The van der Waals surface area contributed by atoms with Crippen LogP contribution in [0.4, 0.5) is 0 Å². The molecule has 0 saturated heterocycles. The fraction of sp³-hybridized carbons (Fsp3) is 0.700. The third-order valence-corrected chi connectivity index (χ3v) is 7.06. The molecule has 0 heterocycles. The number of hydrogen-bond donors (Lipinski definition) is 0. The lowest BCUT2D eigenvalue weighted by Crippen LogP contribution is -2.27. The van der Waals surface area contributed by atoms with Crippen molar-refractivity contribution in [2.75, 3.05) is 0 Å². The van der Waals surface area contributed by atoms with E-state index >= 15 is 0 Å². The minimum absolute atomic E-state index is 0.119. The van der Waals surface area contributed by atoms with E-state index in [0.717, 1.165) is 5.75 Å². The van der Waals surface area contributed by atoms with Gasteiger partial charge in [0.1, 0.15) is 5.75 Å². The molecule has 130 valence electrons. The van der Waals surface area contributed by atoms with Gasteiger partial charge in [-0.3, -0.25) is 0 Å². The number of ether oxygens (including phenoxy) is 1. The van der Waals surface area contributed by atoms with Gasteiger partial charge in [0.25, 0.3) is 0 Å². The van der Waals surface area contributed by atoms with Crippen molar-refractivity contribution in [2.45, 2.75) is 89.0 Å². The Hall–Kier alpha value is -0.488. The van der Waals surface area contributed by atoms with Crippen molar-refractivity contribution in [3.63, 3.8) is 0 Å². The van der Waals surface area contributed by atoms with Crippen molar-refractivity contribution in [3.8, 4) is 5.75 Å². The van der Waals surface area contributed by atoms with Crippen molar-refractivity contribution < 1.29 is 8.53 Å². The average molecular weight is 334 g/mol. The lowest BCUT2D eigenvalue weighted by molar-refractivity contribution is 0.0187. The maximum atomic E-state index is 6.33. The molecule has 0 N–H and O–H groups in total. The van der Waals surface area contributed by atoms with E-state index in [-0.39, 0.29) is 6.29 Å². The van der Waals surface area contributed by atoms with E-state index < -0.39 is 14.5 Å². The molecule has 0 bridgehead atoms. The molecule has 0 saturated carbocycles. The SMILES string of the molecule is CCCCC[CH2][Al]([CH2]CCCCC)[O]C(C)Oc1ccccc1. The molecule has 0 aliphatic rings. The maximum absolute atomic E-state index is 6.33. The van der Waals surface area contributed by atoms with Gasteiger partial charge in [-0.05, 0) is 19.1 Å². The van der Waals surface area contributed by atoms with Crippen molar-refractivity contribution in [2.24, 2.45) is 0 Å². The zero-order valence-electron chi connectivity index (χ0n) is 15.4. The third kappa shape index (κ3) is 10.8. The summed E-state index contributed by atoms with van der Waals surface area (Å²) in [6.45, 7) is 6.59. The summed E-state index contributed by atoms with van der Waals surface area (Å²) in [5.41, 5.74) is 0. The van der Waals surface area contributed by atoms with Crippen LogP contribution in [-0.4, -0.2) is 20.8 Å². The highest BCUT2D eigenvalue weighted by Gasteiger charge is 2.22. The Bertz CT molecular complexity index is 357. The summed E-state index contributed by atoms with van der Waals surface area (Å²) >= 11 is -1.14. The van der Waals surface area contributed by atoms with Crippen LogP contribution in [0.25, 0.3) is 0 Å². The predicted octanol–water partition coefficient (Wildman–Crippen LogP) is 6.58. The van der Waals surface area contributed by atoms with Crippen LogP contribution in [0.3, 0.4) is 0 Å². The molecule has 1 rings (SSSR count). The molecule has 1 unspecified atom stereocenters. The summed E-state index contributed by atoms with van der Waals surface area (Å²) in [6.07, 6.45) is 10.6. The van der Waals surface area contributed by atoms with E-state index in [0.29, 0.717) is 0 Å². The molecule has 0 aromatic heterocycles. The lowest BCUT2D eigenvalue weighted by atomic mass is 10.2. The Morgan fingerprint density at radius 1 is 0.826 bits per heavy atom. The molecule has 0 amide bonds. The van der Waals surface area contributed by atoms with Crippen LogP contribution >= 0.6 is 0 Å². The summed E-state index contributed by atoms with van der Waals surface area (Å²) in [6, 6.07) is 10.0. The van der Waals surface area contributed by atoms with Crippen LogP contribution in [-0.2, 0) is 3.79 Å². The second-order valence-corrected chi connectivity index (χ2v) is 9.13. The molecule has 0 spiro atoms. The molecule has 0 fully saturated rings. The van der Waals surface area contributed by atoms with Gasteiger partial charge in [-0.2, -0.15) is 0 Å². The van der Waals surface area contributed by atoms with Crippen LogP contribution in [0, 0.1) is 0 Å². The van der Waals surface area contributed by atoms with Crippen LogP contribution in [0.15, 0.2) is 30.3 Å². The van der Waals surface area contributed by atoms with Crippen LogP contribution < -0.4 is 4.74 Å². The number of benzene rings is 1. The van der Waals surface area contributed by atoms with Gasteiger partial charge in [-0.15, -0.1) is 0 Å². The molecule has 0 aliphatic heterocycles. The van der Waals surface area contributed by atoms with Gasteiger partial charge in [-0.25, -0.2) is 0 Å². The topological polar surface area (TPSA) is 18.5 Å². The van der Waals surface area contributed by atoms with E-state index in [2.05, 4.69) is 13.8 Å². The van der Waals surface area contributed by atoms with Gasteiger partial charge in [0.05, 0.1) is 0 Å². The molecular weight excluding hydrogens is 299 g/mol. The fourth-order valence-corrected chi connectivity index (χ4v) is 5.51. The minimum Gasteiger partial charge on any atom is -0.469 e. The molecule has 23 heavy (non-hydrogen) atoms. The first-order chi connectivity index (χ1) is 11.3. The molecule has 2 nitrogen and oxygen atoms in total. The Balaban J connectivity index is 2.35. The first kappa shape index (κ1) is 20.6. The number of para-hydroxylation sites is 1. The molecular formula is C20H35AlO2. The van der Waals surface area contributed by atoms with Gasteiger partial charge in [0.2, 0.25) is 0 Å². The van der Waals surface area contributed by atoms with Crippen LogP contribution in [0.1, 0.15) is 72.1 Å². The summed E-state index contributed by atoms with van der Waals surface area (Å²) < 4.78 is 12.2. The number of hydrogen-bond acceptors (Lipinski definition) is 2. The van der Waals surface area contributed by atoms with E-state index in [1.165, 1.54) is 61.9 Å². The first-order valence-electron chi connectivity index (χ1n) is 9.63. The Morgan fingerprint density at radius 3 is 1.91 bits per heavy atom. The molecule has 0 radical (unpaired) electrons. The van der Waals surface area contributed by atoms with E-state index in [1.807, 2.05) is 37.3 Å². The fourth-order valence-electron chi connectivity index (χ4n) is 2.87. The van der Waals surface area contributed by atoms with E-state index in [9.17, 15) is 0 Å². The lowest BCUT2D eigenvalue weighted by Gasteiger charge is -2.21. The predicted molar refractivity (Wildman–Crippen MR) is 101 cm³/mol. The summed E-state index contributed by atoms with van der Waals surface area (Å²) in [7, 11) is 0. The Kier molecular flexibility index (Phi) is 12.4. The number of unbranched alkanes of at least 4 members (excludes halogenated alkanes) is 6. The highest BCUT2D eigenvalue weighted by atomic mass is 27.2. The Labute approximate surface area is 148 Å². The van der Waals surface area contributed by atoms with Crippen LogP contribution in [0.5, 0.6) is 5.75 Å². The van der Waals surface area contributed by atoms with Gasteiger partial charge >= 0.3 is 14.5 Å². The average Bonchev–Trinajstić information content (AvgIpc) is 2.56. The second-order valence-electron chi connectivity index (χ2n) is 6.46. The molecule has 1 aromatic carbocycles. The quantitative estimate of drug-likeness (QED) is 0.217. The van der Waals surface area contributed by atoms with Crippen molar-refractivity contribution in [3.05, 3.63) is 30.3 Å². The van der Waals surface area contributed by atoms with Gasteiger partial charge < -0.3 is 8.53 Å². The molecule has 1 atom stereocenters. The zero-order chi connectivity index (χ0) is 16.8. The maximum Gasteiger partial charge on any atom is 0.463 e. The van der Waals surface area contributed by atoms with Gasteiger partial charge in [-0.1, -0.05) is 94.0 Å². The summed E-state index contributed by atoms with van der Waals surface area (Å²) in [5.74, 6) is 0.907. The monoisotopic (exact) mass is 334 g/mol. The number of rotatable bonds is 14. The van der Waals surface area contributed by atoms with E-state index in [4.69, 9.17) is 8.53 Å². The molecule has 0 aliphatic carbocycles. The third-order valence-electron chi connectivity index (χ3n) is 4.19. The van der Waals surface area contributed by atoms with Crippen molar-refractivity contribution in [1.29, 1.82) is 0 Å².